The number of rotatable bonds is 4. The normalized spacial score (nSPS) is 28.8. The lowest BCUT2D eigenvalue weighted by molar-refractivity contribution is -0.137. The van der Waals surface area contributed by atoms with Crippen LogP contribution >= 0.6 is 0 Å². The average Bonchev–Trinajstić information content (AvgIpc) is 3.08. The first-order chi connectivity index (χ1) is 14.8. The molecule has 2 aromatic heterocycles. The predicted molar refractivity (Wildman–Crippen MR) is 110 cm³/mol. The third-order valence-electron chi connectivity index (χ3n) is 7.10. The Hall–Kier alpha value is -2.13. The summed E-state index contributed by atoms with van der Waals surface area (Å²) in [7, 11) is 0. The second kappa shape index (κ2) is 7.48. The summed E-state index contributed by atoms with van der Waals surface area (Å²) in [6.45, 7) is 7.65. The highest BCUT2D eigenvalue weighted by Crippen LogP contribution is 2.64. The Kier molecular flexibility index (Phi) is 5.01. The molecule has 0 radical (unpaired) electrons. The zero-order valence-electron chi connectivity index (χ0n) is 17.8. The molecule has 3 fully saturated rings. The van der Waals surface area contributed by atoms with Crippen molar-refractivity contribution < 1.29 is 17.9 Å². The Labute approximate surface area is 179 Å². The van der Waals surface area contributed by atoms with Gasteiger partial charge in [-0.15, -0.1) is 0 Å². The lowest BCUT2D eigenvalue weighted by Crippen LogP contribution is -2.44. The van der Waals surface area contributed by atoms with E-state index in [1.54, 1.807) is 0 Å². The van der Waals surface area contributed by atoms with Crippen LogP contribution in [-0.2, 0) is 10.9 Å². The van der Waals surface area contributed by atoms with Crippen LogP contribution in [0.4, 0.5) is 19.0 Å². The minimum atomic E-state index is -4.55. The molecule has 3 heterocycles. The van der Waals surface area contributed by atoms with E-state index < -0.39 is 17.6 Å². The first-order valence-electron chi connectivity index (χ1n) is 11.0. The molecule has 4 unspecified atom stereocenters. The summed E-state index contributed by atoms with van der Waals surface area (Å²) in [5, 5.41) is 4.69. The molecular formula is C22H28F3N5O. The van der Waals surface area contributed by atoms with Crippen LogP contribution in [0.3, 0.4) is 0 Å². The highest BCUT2D eigenvalue weighted by atomic mass is 19.4. The largest absolute Gasteiger partial charge is 0.419 e. The van der Waals surface area contributed by atoms with Crippen molar-refractivity contribution in [1.29, 1.82) is 0 Å². The van der Waals surface area contributed by atoms with Crippen LogP contribution in [0, 0.1) is 11.8 Å². The molecular weight excluding hydrogens is 407 g/mol. The van der Waals surface area contributed by atoms with Gasteiger partial charge in [0.05, 0.1) is 24.5 Å². The number of nitrogen functional groups attached to an aromatic ring is 1. The van der Waals surface area contributed by atoms with Gasteiger partial charge in [-0.1, -0.05) is 0 Å². The summed E-state index contributed by atoms with van der Waals surface area (Å²) in [5.41, 5.74) is 6.55. The van der Waals surface area contributed by atoms with Crippen molar-refractivity contribution >= 4 is 5.82 Å². The van der Waals surface area contributed by atoms with Gasteiger partial charge in [-0.3, -0.25) is 9.58 Å². The highest BCUT2D eigenvalue weighted by molar-refractivity contribution is 5.63. The Morgan fingerprint density at radius 1 is 1.16 bits per heavy atom. The van der Waals surface area contributed by atoms with Crippen molar-refractivity contribution in [2.75, 3.05) is 32.0 Å². The van der Waals surface area contributed by atoms with Crippen LogP contribution in [0.25, 0.3) is 11.3 Å². The van der Waals surface area contributed by atoms with E-state index in [1.165, 1.54) is 19.0 Å². The van der Waals surface area contributed by atoms with E-state index in [0.29, 0.717) is 35.1 Å². The minimum absolute atomic E-state index is 0.121. The second-order valence-corrected chi connectivity index (χ2v) is 9.21. The van der Waals surface area contributed by atoms with E-state index in [1.807, 2.05) is 10.7 Å². The van der Waals surface area contributed by atoms with Crippen molar-refractivity contribution in [3.63, 3.8) is 0 Å². The second-order valence-electron chi connectivity index (χ2n) is 9.21. The van der Waals surface area contributed by atoms with Gasteiger partial charge in [-0.25, -0.2) is 4.98 Å². The smallest absolute Gasteiger partial charge is 0.383 e. The first-order valence-corrected chi connectivity index (χ1v) is 11.0. The van der Waals surface area contributed by atoms with Crippen LogP contribution in [-0.4, -0.2) is 52.0 Å². The molecule has 0 spiro atoms. The maximum absolute atomic E-state index is 13.3. The van der Waals surface area contributed by atoms with E-state index in [2.05, 4.69) is 23.7 Å². The number of aromatic nitrogens is 3. The number of ether oxygens (including phenoxy) is 1. The third-order valence-corrected chi connectivity index (χ3v) is 7.10. The average molecular weight is 435 g/mol. The van der Waals surface area contributed by atoms with Crippen LogP contribution < -0.4 is 5.73 Å². The van der Waals surface area contributed by atoms with E-state index >= 15 is 0 Å². The minimum Gasteiger partial charge on any atom is -0.383 e. The maximum atomic E-state index is 13.3. The van der Waals surface area contributed by atoms with Gasteiger partial charge in [0.2, 0.25) is 0 Å². The molecule has 5 rings (SSSR count). The molecule has 2 aromatic rings. The molecule has 0 amide bonds. The highest BCUT2D eigenvalue weighted by Gasteiger charge is 2.60. The summed E-state index contributed by atoms with van der Waals surface area (Å²) in [6.07, 6.45) is -0.760. The van der Waals surface area contributed by atoms with Gasteiger partial charge < -0.3 is 10.5 Å². The molecule has 168 valence electrons. The number of nitrogens with zero attached hydrogens (tertiary/aromatic N) is 4. The van der Waals surface area contributed by atoms with Crippen molar-refractivity contribution in [2.45, 2.75) is 50.9 Å². The Bertz CT molecular complexity index is 967. The van der Waals surface area contributed by atoms with Crippen LogP contribution in [0.15, 0.2) is 18.3 Å². The van der Waals surface area contributed by atoms with Gasteiger partial charge in [-0.05, 0) is 50.7 Å². The van der Waals surface area contributed by atoms with E-state index in [0.717, 1.165) is 38.1 Å². The van der Waals surface area contributed by atoms with E-state index in [4.69, 9.17) is 15.6 Å². The zero-order valence-corrected chi connectivity index (χ0v) is 17.8. The summed E-state index contributed by atoms with van der Waals surface area (Å²) < 4.78 is 47.4. The van der Waals surface area contributed by atoms with Crippen molar-refractivity contribution in [3.05, 3.63) is 29.6 Å². The monoisotopic (exact) mass is 435 g/mol. The number of hydrogen-bond donors (Lipinski definition) is 1. The number of nitrogens with two attached hydrogens (primary N) is 1. The SMILES string of the molecule is CC(C)n1nc(-c2cnc(N)c(C(F)(F)F)c2)cc1C1C2CCC(N3CCOCC3)C21. The zero-order chi connectivity index (χ0) is 21.9. The van der Waals surface area contributed by atoms with Gasteiger partial charge >= 0.3 is 6.18 Å². The van der Waals surface area contributed by atoms with Crippen molar-refractivity contribution in [1.82, 2.24) is 19.7 Å². The van der Waals surface area contributed by atoms with Crippen LogP contribution in [0.5, 0.6) is 0 Å². The molecule has 1 saturated heterocycles. The Morgan fingerprint density at radius 3 is 2.58 bits per heavy atom. The fourth-order valence-electron chi connectivity index (χ4n) is 5.66. The lowest BCUT2D eigenvalue weighted by Gasteiger charge is -2.33. The topological polar surface area (TPSA) is 69.2 Å². The number of alkyl halides is 3. The van der Waals surface area contributed by atoms with E-state index in [-0.39, 0.29) is 6.04 Å². The number of morpholine rings is 1. The van der Waals surface area contributed by atoms with Gasteiger partial charge in [0, 0.05) is 48.5 Å². The molecule has 31 heavy (non-hydrogen) atoms. The predicted octanol–water partition coefficient (Wildman–Crippen LogP) is 3.95. The molecule has 9 heteroatoms. The van der Waals surface area contributed by atoms with Crippen molar-refractivity contribution in [3.8, 4) is 11.3 Å². The molecule has 0 aromatic carbocycles. The van der Waals surface area contributed by atoms with Gasteiger partial charge in [0.1, 0.15) is 5.82 Å². The number of halogens is 3. The molecule has 6 nitrogen and oxygen atoms in total. The van der Waals surface area contributed by atoms with Crippen LogP contribution in [0.2, 0.25) is 0 Å². The maximum Gasteiger partial charge on any atom is 0.419 e. The third kappa shape index (κ3) is 3.61. The number of anilines is 1. The molecule has 3 aliphatic rings. The van der Waals surface area contributed by atoms with E-state index in [9.17, 15) is 13.2 Å². The standard InChI is InChI=1S/C22H28F3N5O/c1-12(2)30-18(20-14-3-4-17(19(14)20)29-5-7-31-8-6-29)10-16(28-30)13-9-15(22(23,24)25)21(26)27-11-13/h9-12,14,17,19-20H,3-8H2,1-2H3,(H2,26,27). The molecule has 2 saturated carbocycles. The summed E-state index contributed by atoms with van der Waals surface area (Å²) in [6, 6.07) is 3.71. The van der Waals surface area contributed by atoms with Gasteiger partial charge in [0.25, 0.3) is 0 Å². The fourth-order valence-corrected chi connectivity index (χ4v) is 5.66. The van der Waals surface area contributed by atoms with Gasteiger partial charge in [-0.2, -0.15) is 18.3 Å². The summed E-state index contributed by atoms with van der Waals surface area (Å²) in [5.74, 6) is 1.12. The summed E-state index contributed by atoms with van der Waals surface area (Å²) >= 11 is 0. The first kappa shape index (κ1) is 20.8. The Balaban J connectivity index is 1.45. The number of hydrogen-bond acceptors (Lipinski definition) is 5. The van der Waals surface area contributed by atoms with Crippen LogP contribution in [0.1, 0.15) is 49.9 Å². The number of fused-ring (bicyclic) bond motifs is 1. The summed E-state index contributed by atoms with van der Waals surface area (Å²) in [4.78, 5) is 6.35. The molecule has 0 bridgehead atoms. The molecule has 4 atom stereocenters. The van der Waals surface area contributed by atoms with Gasteiger partial charge in [0.15, 0.2) is 0 Å². The quantitative estimate of drug-likeness (QED) is 0.788. The molecule has 2 aliphatic carbocycles. The van der Waals surface area contributed by atoms with Crippen molar-refractivity contribution in [2.24, 2.45) is 11.8 Å². The Morgan fingerprint density at radius 2 is 1.90 bits per heavy atom. The molecule has 1 aliphatic heterocycles. The number of pyridine rings is 1. The molecule has 2 N–H and O–H groups in total. The fraction of sp³-hybridized carbons (Fsp3) is 0.636. The lowest BCUT2D eigenvalue weighted by atomic mass is 10.0.